The molecule has 0 radical (unpaired) electrons. The van der Waals surface area contributed by atoms with Crippen LogP contribution in [0.5, 0.6) is 5.75 Å². The molecule has 0 aromatic heterocycles. The molecule has 1 heterocycles. The highest BCUT2D eigenvalue weighted by molar-refractivity contribution is 5.71. The zero-order valence-electron chi connectivity index (χ0n) is 23.7. The molecular formula is C34H29F7O3. The van der Waals surface area contributed by atoms with Crippen LogP contribution in [0.4, 0.5) is 30.7 Å². The van der Waals surface area contributed by atoms with E-state index in [2.05, 4.69) is 11.7 Å². The molecule has 10 heteroatoms. The van der Waals surface area contributed by atoms with Gasteiger partial charge in [-0.1, -0.05) is 56.5 Å². The number of hydrogen-bond donors (Lipinski definition) is 0. The Hall–Kier alpha value is -3.89. The van der Waals surface area contributed by atoms with Gasteiger partial charge in [0.25, 0.3) is 0 Å². The monoisotopic (exact) mass is 618 g/mol. The van der Waals surface area contributed by atoms with Crippen LogP contribution in [0.3, 0.4) is 0 Å². The number of halogens is 7. The molecule has 1 aliphatic rings. The van der Waals surface area contributed by atoms with Crippen LogP contribution in [-0.2, 0) is 15.6 Å². The zero-order chi connectivity index (χ0) is 31.4. The lowest BCUT2D eigenvalue weighted by atomic mass is 10.00. The van der Waals surface area contributed by atoms with E-state index in [-0.39, 0.29) is 17.0 Å². The van der Waals surface area contributed by atoms with Crippen LogP contribution in [0.1, 0.15) is 50.0 Å². The molecule has 0 atom stereocenters. The first-order valence-electron chi connectivity index (χ1n) is 14.2. The molecule has 1 fully saturated rings. The van der Waals surface area contributed by atoms with Crippen LogP contribution in [0.25, 0.3) is 22.3 Å². The first kappa shape index (κ1) is 31.5. The Kier molecular flexibility index (Phi) is 9.60. The molecule has 4 aromatic rings. The quantitative estimate of drug-likeness (QED) is 0.131. The molecule has 44 heavy (non-hydrogen) atoms. The van der Waals surface area contributed by atoms with Crippen LogP contribution < -0.4 is 4.74 Å². The average Bonchev–Trinajstić information content (AvgIpc) is 2.98. The fourth-order valence-electron chi connectivity index (χ4n) is 5.10. The smallest absolute Gasteiger partial charge is 0.429 e. The van der Waals surface area contributed by atoms with Crippen molar-refractivity contribution < 1.29 is 44.9 Å². The van der Waals surface area contributed by atoms with E-state index in [9.17, 15) is 22.0 Å². The van der Waals surface area contributed by atoms with E-state index in [1.165, 1.54) is 24.3 Å². The highest BCUT2D eigenvalue weighted by Gasteiger charge is 2.42. The van der Waals surface area contributed by atoms with Crippen molar-refractivity contribution in [1.82, 2.24) is 0 Å². The molecule has 0 aliphatic carbocycles. The predicted molar refractivity (Wildman–Crippen MR) is 150 cm³/mol. The van der Waals surface area contributed by atoms with Crippen LogP contribution >= 0.6 is 0 Å². The van der Waals surface area contributed by atoms with E-state index in [0.717, 1.165) is 43.9 Å². The van der Waals surface area contributed by atoms with Gasteiger partial charge in [-0.25, -0.2) is 22.0 Å². The number of alkyl halides is 2. The van der Waals surface area contributed by atoms with Crippen molar-refractivity contribution in [3.63, 3.8) is 0 Å². The molecule has 3 nitrogen and oxygen atoms in total. The van der Waals surface area contributed by atoms with Gasteiger partial charge in [0.1, 0.15) is 28.8 Å². The number of benzene rings is 4. The number of unbranched alkanes of at least 4 members (excludes halogenated alkanes) is 2. The third-order valence-electron chi connectivity index (χ3n) is 7.45. The SMILES string of the molecule is CCCCCC1COC(c2cc(F)c(C(F)(F)Oc3ccc(-c4ccc(-c5ccc(F)c(F)c5)cc4)c(F)c3)c(F)c2)OC1. The van der Waals surface area contributed by atoms with Gasteiger partial charge in [0.05, 0.1) is 13.2 Å². The standard InChI is InChI=1S/C34H29F7O3/c1-2-3-4-5-20-18-42-33(43-19-20)24-15-30(38)32(31(39)16-24)34(40,41)44-25-11-12-26(28(36)17-25)22-8-6-21(7-9-22)23-10-13-27(35)29(37)14-23/h6-17,20,33H,2-5,18-19H2,1H3. The van der Waals surface area contributed by atoms with E-state index >= 15 is 8.78 Å². The maximum atomic E-state index is 15.0. The van der Waals surface area contributed by atoms with Crippen molar-refractivity contribution in [2.45, 2.75) is 45.0 Å². The number of ether oxygens (including phenoxy) is 3. The van der Waals surface area contributed by atoms with Gasteiger partial charge in [-0.15, -0.1) is 0 Å². The molecule has 0 N–H and O–H groups in total. The van der Waals surface area contributed by atoms with Crippen LogP contribution in [0.15, 0.2) is 72.8 Å². The second kappa shape index (κ2) is 13.4. The minimum atomic E-state index is -4.48. The maximum absolute atomic E-state index is 15.0. The molecule has 0 saturated carbocycles. The third-order valence-corrected chi connectivity index (χ3v) is 7.45. The Balaban J connectivity index is 1.27. The summed E-state index contributed by atoms with van der Waals surface area (Å²) in [6, 6.07) is 13.9. The summed E-state index contributed by atoms with van der Waals surface area (Å²) in [5, 5.41) is 0. The summed E-state index contributed by atoms with van der Waals surface area (Å²) < 4.78 is 117. The summed E-state index contributed by atoms with van der Waals surface area (Å²) in [5.74, 6) is -6.60. The Labute approximate surface area is 250 Å². The third kappa shape index (κ3) is 7.08. The minimum Gasteiger partial charge on any atom is -0.429 e. The maximum Gasteiger partial charge on any atom is 0.432 e. The lowest BCUT2D eigenvalue weighted by Crippen LogP contribution is -2.28. The van der Waals surface area contributed by atoms with Crippen molar-refractivity contribution >= 4 is 0 Å². The van der Waals surface area contributed by atoms with Gasteiger partial charge in [0.2, 0.25) is 0 Å². The minimum absolute atomic E-state index is 0.0271. The second-order valence-corrected chi connectivity index (χ2v) is 10.7. The van der Waals surface area contributed by atoms with Crippen molar-refractivity contribution in [3.8, 4) is 28.0 Å². The Bertz CT molecular complexity index is 1580. The van der Waals surface area contributed by atoms with Gasteiger partial charge in [0, 0.05) is 23.1 Å². The number of hydrogen-bond acceptors (Lipinski definition) is 3. The molecular weight excluding hydrogens is 589 g/mol. The van der Waals surface area contributed by atoms with Crippen LogP contribution in [0.2, 0.25) is 0 Å². The van der Waals surface area contributed by atoms with E-state index < -0.39 is 52.8 Å². The van der Waals surface area contributed by atoms with Gasteiger partial charge >= 0.3 is 6.11 Å². The fourth-order valence-corrected chi connectivity index (χ4v) is 5.10. The van der Waals surface area contributed by atoms with E-state index in [0.29, 0.717) is 48.1 Å². The van der Waals surface area contributed by atoms with Gasteiger partial charge in [-0.2, -0.15) is 8.78 Å². The highest BCUT2D eigenvalue weighted by atomic mass is 19.3. The molecule has 232 valence electrons. The summed E-state index contributed by atoms with van der Waals surface area (Å²) in [6.45, 7) is 2.72. The first-order valence-corrected chi connectivity index (χ1v) is 14.2. The summed E-state index contributed by atoms with van der Waals surface area (Å²) in [6.07, 6.45) is -1.55. The molecule has 0 unspecified atom stereocenters. The molecule has 1 saturated heterocycles. The zero-order valence-corrected chi connectivity index (χ0v) is 23.7. The van der Waals surface area contributed by atoms with E-state index in [1.807, 2.05) is 0 Å². The molecule has 5 rings (SSSR count). The topological polar surface area (TPSA) is 27.7 Å². The molecule has 0 amide bonds. The molecule has 0 spiro atoms. The van der Waals surface area contributed by atoms with Crippen molar-refractivity contribution in [1.29, 1.82) is 0 Å². The van der Waals surface area contributed by atoms with Gasteiger partial charge in [-0.3, -0.25) is 0 Å². The Morgan fingerprint density at radius 2 is 1.32 bits per heavy atom. The van der Waals surface area contributed by atoms with Gasteiger partial charge in [0.15, 0.2) is 17.9 Å². The van der Waals surface area contributed by atoms with E-state index in [1.54, 1.807) is 12.1 Å². The van der Waals surface area contributed by atoms with Crippen molar-refractivity contribution in [2.75, 3.05) is 13.2 Å². The number of rotatable bonds is 10. The molecule has 1 aliphatic heterocycles. The average molecular weight is 619 g/mol. The lowest BCUT2D eigenvalue weighted by Gasteiger charge is -2.30. The predicted octanol–water partition coefficient (Wildman–Crippen LogP) is 10.1. The summed E-state index contributed by atoms with van der Waals surface area (Å²) in [7, 11) is 0. The second-order valence-electron chi connectivity index (χ2n) is 10.7. The first-order chi connectivity index (χ1) is 21.1. The Morgan fingerprint density at radius 3 is 1.93 bits per heavy atom. The summed E-state index contributed by atoms with van der Waals surface area (Å²) >= 11 is 0. The van der Waals surface area contributed by atoms with Crippen molar-refractivity contribution in [3.05, 3.63) is 113 Å². The van der Waals surface area contributed by atoms with Gasteiger partial charge in [-0.05, 0) is 59.5 Å². The van der Waals surface area contributed by atoms with Crippen molar-refractivity contribution in [2.24, 2.45) is 5.92 Å². The Morgan fingerprint density at radius 1 is 0.682 bits per heavy atom. The van der Waals surface area contributed by atoms with Crippen LogP contribution in [0, 0.1) is 35.0 Å². The summed E-state index contributed by atoms with van der Waals surface area (Å²) in [5.41, 5.74) is -0.390. The fraction of sp³-hybridized carbons (Fsp3) is 0.294. The molecule has 0 bridgehead atoms. The molecule has 4 aromatic carbocycles. The highest BCUT2D eigenvalue weighted by Crippen LogP contribution is 2.38. The van der Waals surface area contributed by atoms with Gasteiger partial charge < -0.3 is 14.2 Å². The van der Waals surface area contributed by atoms with Crippen LogP contribution in [-0.4, -0.2) is 13.2 Å². The lowest BCUT2D eigenvalue weighted by molar-refractivity contribution is -0.206. The largest absolute Gasteiger partial charge is 0.432 e. The summed E-state index contributed by atoms with van der Waals surface area (Å²) in [4.78, 5) is 0. The van der Waals surface area contributed by atoms with E-state index in [4.69, 9.17) is 9.47 Å². The normalized spacial score (nSPS) is 17.1.